The number of benzene rings is 2. The van der Waals surface area contributed by atoms with Crippen molar-refractivity contribution in [1.82, 2.24) is 14.9 Å². The summed E-state index contributed by atoms with van der Waals surface area (Å²) in [5, 5.41) is 5.83. The van der Waals surface area contributed by atoms with Crippen molar-refractivity contribution in [3.8, 4) is 11.5 Å². The van der Waals surface area contributed by atoms with Crippen molar-refractivity contribution in [1.29, 1.82) is 0 Å². The number of amides is 2. The minimum absolute atomic E-state index is 0.0207. The predicted octanol–water partition coefficient (Wildman–Crippen LogP) is 3.40. The summed E-state index contributed by atoms with van der Waals surface area (Å²) in [7, 11) is 3.20. The smallest absolute Gasteiger partial charge is 0.240 e. The Hall–Kier alpha value is -3.55. The molecule has 1 heterocycles. The first-order valence-electron chi connectivity index (χ1n) is 10.6. The number of fused-ring (bicyclic) bond motifs is 1. The van der Waals surface area contributed by atoms with E-state index in [9.17, 15) is 9.59 Å². The van der Waals surface area contributed by atoms with E-state index in [0.29, 0.717) is 42.5 Å². The van der Waals surface area contributed by atoms with Gasteiger partial charge in [-0.3, -0.25) is 9.59 Å². The Morgan fingerprint density at radius 1 is 1.03 bits per heavy atom. The third-order valence-electron chi connectivity index (χ3n) is 5.00. The van der Waals surface area contributed by atoms with E-state index >= 15 is 0 Å². The van der Waals surface area contributed by atoms with Crippen molar-refractivity contribution in [2.75, 3.05) is 26.1 Å². The third kappa shape index (κ3) is 6.00. The monoisotopic (exact) mass is 438 g/mol. The van der Waals surface area contributed by atoms with Gasteiger partial charge in [-0.2, -0.15) is 0 Å². The maximum Gasteiger partial charge on any atom is 0.240 e. The quantitative estimate of drug-likeness (QED) is 0.506. The van der Waals surface area contributed by atoms with Crippen LogP contribution in [0, 0.1) is 5.92 Å². The van der Waals surface area contributed by atoms with Gasteiger partial charge in [-0.25, -0.2) is 4.98 Å². The van der Waals surface area contributed by atoms with Gasteiger partial charge in [-0.15, -0.1) is 0 Å². The lowest BCUT2D eigenvalue weighted by atomic mass is 10.1. The molecule has 0 atom stereocenters. The van der Waals surface area contributed by atoms with Crippen LogP contribution < -0.4 is 20.1 Å². The zero-order valence-corrected chi connectivity index (χ0v) is 19.0. The van der Waals surface area contributed by atoms with Crippen LogP contribution in [0.4, 0.5) is 5.69 Å². The Bertz CT molecular complexity index is 1090. The lowest BCUT2D eigenvalue weighted by molar-refractivity contribution is -0.121. The first-order chi connectivity index (χ1) is 15.4. The van der Waals surface area contributed by atoms with Crippen molar-refractivity contribution in [2.24, 2.45) is 5.92 Å². The summed E-state index contributed by atoms with van der Waals surface area (Å²) in [6.45, 7) is 4.68. The highest BCUT2D eigenvalue weighted by Gasteiger charge is 2.10. The number of carbonyl (C=O) groups excluding carboxylic acids is 2. The van der Waals surface area contributed by atoms with Crippen LogP contribution >= 0.6 is 0 Å². The van der Waals surface area contributed by atoms with E-state index in [1.54, 1.807) is 25.1 Å². The molecule has 32 heavy (non-hydrogen) atoms. The summed E-state index contributed by atoms with van der Waals surface area (Å²) in [4.78, 5) is 28.8. The molecule has 0 bridgehead atoms. The number of methoxy groups -OCH3 is 2. The molecule has 2 N–H and O–H groups in total. The summed E-state index contributed by atoms with van der Waals surface area (Å²) < 4.78 is 12.4. The van der Waals surface area contributed by atoms with Gasteiger partial charge in [0.2, 0.25) is 11.8 Å². The maximum atomic E-state index is 12.4. The standard InChI is InChI=1S/C24H30N4O4/c1-16(2)11-23(29)27-18-6-7-20-19(13-18)26-15-28(20)14-24(30)25-10-9-17-5-8-21(31-3)22(12-17)32-4/h5-8,12-13,15-16H,9-11,14H2,1-4H3,(H,25,30)(H,27,29). The second-order valence-corrected chi connectivity index (χ2v) is 8.01. The minimum atomic E-state index is -0.0981. The highest BCUT2D eigenvalue weighted by Crippen LogP contribution is 2.27. The summed E-state index contributed by atoms with van der Waals surface area (Å²) in [6.07, 6.45) is 2.78. The molecule has 0 spiro atoms. The number of nitrogens with zero attached hydrogens (tertiary/aromatic N) is 2. The van der Waals surface area contributed by atoms with Gasteiger partial charge < -0.3 is 24.7 Å². The number of nitrogens with one attached hydrogen (secondary N) is 2. The molecule has 3 aromatic rings. The van der Waals surface area contributed by atoms with Gasteiger partial charge in [-0.1, -0.05) is 19.9 Å². The molecule has 0 saturated carbocycles. The molecule has 170 valence electrons. The van der Waals surface area contributed by atoms with Gasteiger partial charge in [0.1, 0.15) is 6.54 Å². The van der Waals surface area contributed by atoms with Crippen LogP contribution in [0.5, 0.6) is 11.5 Å². The fraction of sp³-hybridized carbons (Fsp3) is 0.375. The zero-order valence-electron chi connectivity index (χ0n) is 19.0. The van der Waals surface area contributed by atoms with Crippen LogP contribution in [0.15, 0.2) is 42.7 Å². The van der Waals surface area contributed by atoms with Gasteiger partial charge >= 0.3 is 0 Å². The molecule has 0 aliphatic carbocycles. The van der Waals surface area contributed by atoms with E-state index in [1.807, 2.05) is 50.2 Å². The average molecular weight is 439 g/mol. The molecular formula is C24H30N4O4. The van der Waals surface area contributed by atoms with Crippen LogP contribution in [-0.4, -0.2) is 42.1 Å². The van der Waals surface area contributed by atoms with Crippen molar-refractivity contribution in [3.63, 3.8) is 0 Å². The van der Waals surface area contributed by atoms with Crippen LogP contribution in [-0.2, 0) is 22.6 Å². The van der Waals surface area contributed by atoms with E-state index < -0.39 is 0 Å². The van der Waals surface area contributed by atoms with Crippen molar-refractivity contribution in [2.45, 2.75) is 33.2 Å². The second-order valence-electron chi connectivity index (χ2n) is 8.01. The Morgan fingerprint density at radius 3 is 2.53 bits per heavy atom. The first-order valence-corrected chi connectivity index (χ1v) is 10.6. The molecule has 0 fully saturated rings. The summed E-state index contributed by atoms with van der Waals surface area (Å²) in [5.41, 5.74) is 3.31. The second kappa shape index (κ2) is 10.7. The summed E-state index contributed by atoms with van der Waals surface area (Å²) in [6, 6.07) is 11.2. The van der Waals surface area contributed by atoms with Gasteiger partial charge in [0, 0.05) is 18.7 Å². The largest absolute Gasteiger partial charge is 0.493 e. The van der Waals surface area contributed by atoms with Gasteiger partial charge in [0.15, 0.2) is 11.5 Å². The Kier molecular flexibility index (Phi) is 7.70. The Labute approximate surface area is 187 Å². The molecule has 0 unspecified atom stereocenters. The van der Waals surface area contributed by atoms with E-state index in [-0.39, 0.29) is 18.4 Å². The van der Waals surface area contributed by atoms with Crippen LogP contribution in [0.2, 0.25) is 0 Å². The number of rotatable bonds is 10. The number of hydrogen-bond acceptors (Lipinski definition) is 5. The van der Waals surface area contributed by atoms with E-state index in [0.717, 1.165) is 16.6 Å². The summed E-state index contributed by atoms with van der Waals surface area (Å²) in [5.74, 6) is 1.52. The molecule has 1 aromatic heterocycles. The molecule has 0 saturated heterocycles. The lowest BCUT2D eigenvalue weighted by Crippen LogP contribution is -2.29. The molecule has 2 aromatic carbocycles. The van der Waals surface area contributed by atoms with E-state index in [4.69, 9.17) is 9.47 Å². The lowest BCUT2D eigenvalue weighted by Gasteiger charge is -2.10. The van der Waals surface area contributed by atoms with Crippen LogP contribution in [0.25, 0.3) is 11.0 Å². The molecule has 0 radical (unpaired) electrons. The predicted molar refractivity (Wildman–Crippen MR) is 124 cm³/mol. The SMILES string of the molecule is COc1ccc(CCNC(=O)Cn2cnc3cc(NC(=O)CC(C)C)ccc32)cc1OC. The number of ether oxygens (including phenoxy) is 2. The normalized spacial score (nSPS) is 10.9. The van der Waals surface area contributed by atoms with Crippen molar-refractivity contribution >= 4 is 28.5 Å². The molecule has 3 rings (SSSR count). The fourth-order valence-corrected chi connectivity index (χ4v) is 3.44. The first kappa shape index (κ1) is 23.1. The number of carbonyl (C=O) groups is 2. The summed E-state index contributed by atoms with van der Waals surface area (Å²) >= 11 is 0. The third-order valence-corrected chi connectivity index (χ3v) is 5.00. The Balaban J connectivity index is 1.55. The Morgan fingerprint density at radius 2 is 1.81 bits per heavy atom. The van der Waals surface area contributed by atoms with Crippen LogP contribution in [0.1, 0.15) is 25.8 Å². The topological polar surface area (TPSA) is 94.5 Å². The minimum Gasteiger partial charge on any atom is -0.493 e. The molecule has 2 amide bonds. The number of anilines is 1. The van der Waals surface area contributed by atoms with Gasteiger partial charge in [0.05, 0.1) is 31.6 Å². The number of hydrogen-bond donors (Lipinski definition) is 2. The maximum absolute atomic E-state index is 12.4. The van der Waals surface area contributed by atoms with Gasteiger partial charge in [-0.05, 0) is 48.2 Å². The van der Waals surface area contributed by atoms with Gasteiger partial charge in [0.25, 0.3) is 0 Å². The molecular weight excluding hydrogens is 408 g/mol. The van der Waals surface area contributed by atoms with E-state index in [1.165, 1.54) is 0 Å². The highest BCUT2D eigenvalue weighted by molar-refractivity contribution is 5.93. The molecule has 8 nitrogen and oxygen atoms in total. The molecule has 0 aliphatic rings. The van der Waals surface area contributed by atoms with Crippen molar-refractivity contribution in [3.05, 3.63) is 48.3 Å². The molecule has 8 heteroatoms. The highest BCUT2D eigenvalue weighted by atomic mass is 16.5. The van der Waals surface area contributed by atoms with Crippen LogP contribution in [0.3, 0.4) is 0 Å². The number of imidazole rings is 1. The zero-order chi connectivity index (χ0) is 23.1. The number of aromatic nitrogens is 2. The fourth-order valence-electron chi connectivity index (χ4n) is 3.44. The van der Waals surface area contributed by atoms with Crippen molar-refractivity contribution < 1.29 is 19.1 Å². The molecule has 0 aliphatic heterocycles. The average Bonchev–Trinajstić information content (AvgIpc) is 3.14. The van der Waals surface area contributed by atoms with E-state index in [2.05, 4.69) is 15.6 Å².